The summed E-state index contributed by atoms with van der Waals surface area (Å²) in [6, 6.07) is 0. The van der Waals surface area contributed by atoms with Crippen LogP contribution < -0.4 is 0 Å². The molecule has 4 atom stereocenters. The zero-order valence-electron chi connectivity index (χ0n) is 24.0. The van der Waals surface area contributed by atoms with Crippen LogP contribution in [-0.4, -0.2) is 147 Å². The molecule has 0 rings (SSSR count). The fourth-order valence-electron chi connectivity index (χ4n) is 2.20. The quantitative estimate of drug-likeness (QED) is 0.284. The minimum absolute atomic E-state index is 0. The Morgan fingerprint density at radius 1 is 0.394 bits per heavy atom. The summed E-state index contributed by atoms with van der Waals surface area (Å²) in [5.74, 6) is 0. The van der Waals surface area contributed by atoms with E-state index in [0.29, 0.717) is 0 Å². The topological polar surface area (TPSA) is 93.9 Å². The third kappa shape index (κ3) is 50.4. The van der Waals surface area contributed by atoms with Crippen molar-refractivity contribution in [3.05, 3.63) is 0 Å². The van der Waals surface area contributed by atoms with E-state index in [9.17, 15) is 0 Å². The van der Waals surface area contributed by atoms with Crippen LogP contribution in [-0.2, 0) is 26.2 Å². The van der Waals surface area contributed by atoms with Crippen molar-refractivity contribution in [2.75, 3.05) is 82.6 Å². The van der Waals surface area contributed by atoms with Gasteiger partial charge in [-0.05, 0) is 82.1 Å². The van der Waals surface area contributed by atoms with Crippen LogP contribution in [0.15, 0.2) is 0 Å². The predicted octanol–water partition coefficient (Wildman–Crippen LogP) is 1.27. The zero-order valence-corrected chi connectivity index (χ0v) is 26.5. The summed E-state index contributed by atoms with van der Waals surface area (Å²) in [6.07, 6.45) is 2.79. The largest absolute Gasteiger partial charge is 0.392 e. The molecular weight excluding hydrogens is 500 g/mol. The second kappa shape index (κ2) is 30.6. The van der Waals surface area contributed by atoms with E-state index in [4.69, 9.17) is 20.4 Å². The van der Waals surface area contributed by atoms with Gasteiger partial charge in [0.05, 0.1) is 24.4 Å². The molecule has 0 bridgehead atoms. The van der Waals surface area contributed by atoms with Crippen molar-refractivity contribution in [1.82, 2.24) is 19.6 Å². The fraction of sp³-hybridized carbons (Fsp3) is 1.00. The van der Waals surface area contributed by atoms with Gasteiger partial charge in [0.25, 0.3) is 0 Å². The second-order valence-corrected chi connectivity index (χ2v) is 9.30. The Labute approximate surface area is 226 Å². The first-order valence-corrected chi connectivity index (χ1v) is 12.0. The summed E-state index contributed by atoms with van der Waals surface area (Å²) in [5, 5.41) is 35.9. The van der Waals surface area contributed by atoms with Gasteiger partial charge in [-0.1, -0.05) is 27.7 Å². The molecule has 0 amide bonds. The van der Waals surface area contributed by atoms with Crippen LogP contribution in [0.5, 0.6) is 0 Å². The van der Waals surface area contributed by atoms with Gasteiger partial charge < -0.3 is 40.0 Å². The average Bonchev–Trinajstić information content (AvgIpc) is 2.67. The van der Waals surface area contributed by atoms with E-state index in [-0.39, 0.29) is 50.6 Å². The number of rotatable bonds is 12. The van der Waals surface area contributed by atoms with E-state index in [2.05, 4.69) is 0 Å². The number of hydrogen-bond acceptors (Lipinski definition) is 8. The van der Waals surface area contributed by atoms with Crippen LogP contribution in [0, 0.1) is 0 Å². The normalized spacial score (nSPS) is 14.2. The van der Waals surface area contributed by atoms with Gasteiger partial charge in [0.15, 0.2) is 0 Å². The smallest absolute Gasteiger partial charge is 0.0664 e. The van der Waals surface area contributed by atoms with E-state index in [1.54, 1.807) is 0 Å². The van der Waals surface area contributed by atoms with Gasteiger partial charge in [0.1, 0.15) is 0 Å². The fourth-order valence-corrected chi connectivity index (χ4v) is 2.20. The van der Waals surface area contributed by atoms with E-state index in [0.717, 1.165) is 51.9 Å². The molecule has 4 N–H and O–H groups in total. The molecule has 0 aromatic carbocycles. The van der Waals surface area contributed by atoms with Crippen molar-refractivity contribution < 1.29 is 46.6 Å². The molecule has 4 unspecified atom stereocenters. The Hall–Kier alpha value is 0.563. The second-order valence-electron chi connectivity index (χ2n) is 9.30. The van der Waals surface area contributed by atoms with Crippen LogP contribution >= 0.6 is 0 Å². The minimum atomic E-state index is -0.148. The third-order valence-electron chi connectivity index (χ3n) is 4.19. The van der Waals surface area contributed by atoms with E-state index in [1.165, 1.54) is 0 Å². The van der Waals surface area contributed by atoms with Crippen LogP contribution in [0.3, 0.4) is 0 Å². The summed E-state index contributed by atoms with van der Waals surface area (Å²) in [4.78, 5) is 7.92. The molecule has 33 heavy (non-hydrogen) atoms. The number of likely N-dealkylation sites (N-methyl/N-ethyl adjacent to an activating group) is 4. The summed E-state index contributed by atoms with van der Waals surface area (Å²) in [7, 11) is 15.7. The van der Waals surface area contributed by atoms with Crippen LogP contribution in [0.1, 0.15) is 53.4 Å². The molecule has 0 saturated carbocycles. The third-order valence-corrected chi connectivity index (χ3v) is 4.19. The van der Waals surface area contributed by atoms with Gasteiger partial charge in [-0.25, -0.2) is 0 Å². The van der Waals surface area contributed by atoms with Crippen LogP contribution in [0.2, 0.25) is 0 Å². The maximum Gasteiger partial charge on any atom is 0.0664 e. The van der Waals surface area contributed by atoms with Gasteiger partial charge >= 0.3 is 0 Å². The van der Waals surface area contributed by atoms with E-state index in [1.807, 2.05) is 104 Å². The number of nitrogens with zero attached hydrogens (tertiary/aromatic N) is 4. The number of aliphatic hydroxyl groups is 4. The summed E-state index contributed by atoms with van der Waals surface area (Å²) >= 11 is 0. The van der Waals surface area contributed by atoms with Gasteiger partial charge in [-0.15, -0.1) is 0 Å². The molecule has 0 aliphatic rings. The molecule has 0 fully saturated rings. The Morgan fingerprint density at radius 2 is 0.515 bits per heavy atom. The monoisotopic (exact) mass is 558 g/mol. The molecule has 0 spiro atoms. The van der Waals surface area contributed by atoms with E-state index >= 15 is 0 Å². The van der Waals surface area contributed by atoms with Crippen molar-refractivity contribution in [3.8, 4) is 0 Å². The Morgan fingerprint density at radius 3 is 0.545 bits per heavy atom. The molecule has 0 heterocycles. The predicted molar refractivity (Wildman–Crippen MR) is 139 cm³/mol. The van der Waals surface area contributed by atoms with E-state index < -0.39 is 0 Å². The van der Waals surface area contributed by atoms with Crippen LogP contribution in [0.25, 0.3) is 0 Å². The SMILES string of the molecule is CCC(O)CN(C)C.CCC(O)CN(C)C.CCC(O)CN(C)C.CCC(O)CN(C)C.[Zr]. The van der Waals surface area contributed by atoms with Gasteiger partial charge in [-0.2, -0.15) is 0 Å². The summed E-state index contributed by atoms with van der Waals surface area (Å²) in [6.45, 7) is 11.0. The molecular formula is C24H60N4O4Zr. The zero-order chi connectivity index (χ0) is 26.3. The molecule has 0 aliphatic carbocycles. The van der Waals surface area contributed by atoms with Crippen molar-refractivity contribution in [1.29, 1.82) is 0 Å². The molecule has 9 heteroatoms. The summed E-state index contributed by atoms with van der Waals surface area (Å²) < 4.78 is 0. The molecule has 8 nitrogen and oxygen atoms in total. The Balaban J connectivity index is -0.000000105. The molecule has 0 aromatic heterocycles. The molecule has 0 aliphatic heterocycles. The first-order valence-electron chi connectivity index (χ1n) is 12.0. The first kappa shape index (κ1) is 43.6. The average molecular weight is 560 g/mol. The van der Waals surface area contributed by atoms with Crippen molar-refractivity contribution >= 4 is 0 Å². The number of aliphatic hydroxyl groups excluding tert-OH is 4. The Bertz CT molecular complexity index is 288. The molecule has 0 aromatic rings. The van der Waals surface area contributed by atoms with Crippen LogP contribution in [0.4, 0.5) is 0 Å². The molecule has 0 radical (unpaired) electrons. The summed E-state index contributed by atoms with van der Waals surface area (Å²) in [5.41, 5.74) is 0. The molecule has 204 valence electrons. The Kier molecular flexibility index (Phi) is 40.4. The molecule has 0 saturated heterocycles. The maximum absolute atomic E-state index is 8.99. The van der Waals surface area contributed by atoms with Crippen molar-refractivity contribution in [3.63, 3.8) is 0 Å². The van der Waals surface area contributed by atoms with Crippen molar-refractivity contribution in [2.24, 2.45) is 0 Å². The van der Waals surface area contributed by atoms with Gasteiger partial charge in [0.2, 0.25) is 0 Å². The first-order chi connectivity index (χ1) is 14.7. The maximum atomic E-state index is 8.99. The standard InChI is InChI=1S/4C6H15NO.Zr/c4*1-4-6(8)5-7(2)3;/h4*6,8H,4-5H2,1-3H3;. The number of hydrogen-bond donors (Lipinski definition) is 4. The van der Waals surface area contributed by atoms with Gasteiger partial charge in [-0.3, -0.25) is 0 Å². The van der Waals surface area contributed by atoms with Crippen molar-refractivity contribution in [2.45, 2.75) is 77.8 Å². The van der Waals surface area contributed by atoms with Gasteiger partial charge in [0, 0.05) is 52.4 Å². The minimum Gasteiger partial charge on any atom is -0.392 e.